The average Bonchev–Trinajstić information content (AvgIpc) is 2.72. The van der Waals surface area contributed by atoms with Gasteiger partial charge in [-0.25, -0.2) is 9.18 Å². The van der Waals surface area contributed by atoms with Crippen LogP contribution in [0.4, 0.5) is 4.39 Å². The van der Waals surface area contributed by atoms with Crippen molar-refractivity contribution in [3.63, 3.8) is 0 Å². The van der Waals surface area contributed by atoms with Crippen molar-refractivity contribution in [2.45, 2.75) is 34.2 Å². The van der Waals surface area contributed by atoms with Crippen LogP contribution in [0.25, 0.3) is 11.1 Å². The van der Waals surface area contributed by atoms with Gasteiger partial charge in [-0.05, 0) is 71.5 Å². The van der Waals surface area contributed by atoms with Crippen LogP contribution in [0.15, 0.2) is 60.7 Å². The van der Waals surface area contributed by atoms with Gasteiger partial charge in [0.1, 0.15) is 5.82 Å². The molecule has 1 amide bonds. The van der Waals surface area contributed by atoms with Crippen molar-refractivity contribution in [1.82, 2.24) is 5.32 Å². The Labute approximate surface area is 193 Å². The minimum absolute atomic E-state index is 0.0765. The molecule has 0 spiro atoms. The first-order chi connectivity index (χ1) is 15.1. The second kappa shape index (κ2) is 11.4. The molecule has 0 saturated carbocycles. The van der Waals surface area contributed by atoms with E-state index in [0.717, 1.165) is 34.2 Å². The molecule has 0 aliphatic carbocycles. The molecule has 32 heavy (non-hydrogen) atoms. The molecule has 0 fully saturated rings. The monoisotopic (exact) mass is 455 g/mol. The molecule has 0 heterocycles. The lowest BCUT2D eigenvalue weighted by Crippen LogP contribution is -2.24. The summed E-state index contributed by atoms with van der Waals surface area (Å²) in [7, 11) is 0. The molecule has 2 N–H and O–H groups in total. The van der Waals surface area contributed by atoms with E-state index in [4.69, 9.17) is 16.7 Å². The van der Waals surface area contributed by atoms with Crippen LogP contribution in [0.1, 0.15) is 52.6 Å². The van der Waals surface area contributed by atoms with Gasteiger partial charge < -0.3 is 10.4 Å². The molecule has 4 nitrogen and oxygen atoms in total. The highest BCUT2D eigenvalue weighted by atomic mass is 35.5. The number of halogens is 2. The second-order valence-electron chi connectivity index (χ2n) is 8.07. The third-order valence-electron chi connectivity index (χ3n) is 4.41. The zero-order chi connectivity index (χ0) is 23.8. The van der Waals surface area contributed by atoms with Gasteiger partial charge in [0, 0.05) is 11.6 Å². The number of hydrogen-bond acceptors (Lipinski definition) is 2. The number of carboxylic acid groups (broad SMARTS) is 1. The van der Waals surface area contributed by atoms with Crippen LogP contribution in [0.3, 0.4) is 0 Å². The van der Waals surface area contributed by atoms with Crippen LogP contribution >= 0.6 is 11.6 Å². The molecule has 0 aliphatic rings. The third-order valence-corrected chi connectivity index (χ3v) is 4.64. The number of aromatic carboxylic acids is 1. The summed E-state index contributed by atoms with van der Waals surface area (Å²) in [6, 6.07) is 16.2. The maximum absolute atomic E-state index is 13.9. The molecular formula is C26H27ClFNO3. The molecule has 3 rings (SSSR count). The normalized spacial score (nSPS) is 10.3. The topological polar surface area (TPSA) is 66.4 Å². The number of rotatable bonds is 5. The van der Waals surface area contributed by atoms with E-state index in [1.54, 1.807) is 12.1 Å². The van der Waals surface area contributed by atoms with Gasteiger partial charge in [-0.2, -0.15) is 0 Å². The average molecular weight is 456 g/mol. The number of carbonyl (C=O) groups is 2. The van der Waals surface area contributed by atoms with Crippen LogP contribution < -0.4 is 5.32 Å². The van der Waals surface area contributed by atoms with Crippen molar-refractivity contribution in [2.75, 3.05) is 0 Å². The fourth-order valence-electron chi connectivity index (χ4n) is 2.82. The maximum atomic E-state index is 13.9. The van der Waals surface area contributed by atoms with Crippen molar-refractivity contribution < 1.29 is 19.1 Å². The highest BCUT2D eigenvalue weighted by molar-refractivity contribution is 6.30. The molecule has 0 aromatic heterocycles. The van der Waals surface area contributed by atoms with E-state index in [0.29, 0.717) is 0 Å². The van der Waals surface area contributed by atoms with E-state index in [1.807, 2.05) is 31.2 Å². The molecular weight excluding hydrogens is 429 g/mol. The summed E-state index contributed by atoms with van der Waals surface area (Å²) in [5.41, 5.74) is 3.52. The summed E-state index contributed by atoms with van der Waals surface area (Å²) in [6.45, 7) is 8.61. The predicted octanol–water partition coefficient (Wildman–Crippen LogP) is 6.75. The van der Waals surface area contributed by atoms with Crippen LogP contribution in [0.2, 0.25) is 5.02 Å². The summed E-state index contributed by atoms with van der Waals surface area (Å²) in [5.74, 6) is -1.38. The molecule has 0 radical (unpaired) electrons. The Morgan fingerprint density at radius 1 is 1.00 bits per heavy atom. The number of aryl methyl sites for hydroxylation is 1. The lowest BCUT2D eigenvalue weighted by molar-refractivity contribution is 0.0696. The highest BCUT2D eigenvalue weighted by Crippen LogP contribution is 2.24. The standard InChI is InChI=1S/C22H17ClFNO3.C4H10/c1-13-5-6-15(14-3-2-4-16(9-14)22(27)28)10-17(13)12-25-21(26)19-8-7-18(23)11-20(19)24;1-4(2)3/h2-11H,12H2,1H3,(H,25,26)(H,27,28);4H,1-3H3. The van der Waals surface area contributed by atoms with E-state index in [2.05, 4.69) is 26.1 Å². The Balaban J connectivity index is 0.000000837. The molecule has 168 valence electrons. The fourth-order valence-corrected chi connectivity index (χ4v) is 2.98. The molecule has 3 aromatic rings. The fraction of sp³-hybridized carbons (Fsp3) is 0.231. The maximum Gasteiger partial charge on any atom is 0.335 e. The van der Waals surface area contributed by atoms with Gasteiger partial charge in [0.2, 0.25) is 0 Å². The van der Waals surface area contributed by atoms with Crippen molar-refractivity contribution in [3.05, 3.63) is 93.8 Å². The van der Waals surface area contributed by atoms with E-state index in [-0.39, 0.29) is 22.7 Å². The van der Waals surface area contributed by atoms with E-state index < -0.39 is 17.7 Å². The number of carbonyl (C=O) groups excluding carboxylic acids is 1. The van der Waals surface area contributed by atoms with Gasteiger partial charge in [0.15, 0.2) is 0 Å². The summed E-state index contributed by atoms with van der Waals surface area (Å²) >= 11 is 5.71. The molecule has 0 aliphatic heterocycles. The first kappa shape index (κ1) is 25.1. The summed E-state index contributed by atoms with van der Waals surface area (Å²) in [5, 5.41) is 12.1. The zero-order valence-electron chi connectivity index (χ0n) is 18.6. The summed E-state index contributed by atoms with van der Waals surface area (Å²) in [4.78, 5) is 23.5. The number of carboxylic acids is 1. The SMILES string of the molecule is CC(C)C.Cc1ccc(-c2cccc(C(=O)O)c2)cc1CNC(=O)c1ccc(Cl)cc1F. The molecule has 0 unspecified atom stereocenters. The van der Waals surface area contributed by atoms with Gasteiger partial charge >= 0.3 is 5.97 Å². The third kappa shape index (κ3) is 7.20. The Morgan fingerprint density at radius 2 is 1.66 bits per heavy atom. The minimum atomic E-state index is -0.994. The van der Waals surface area contributed by atoms with Crippen LogP contribution in [0, 0.1) is 18.7 Å². The summed E-state index contributed by atoms with van der Waals surface area (Å²) in [6.07, 6.45) is 0. The van der Waals surface area contributed by atoms with Gasteiger partial charge in [-0.1, -0.05) is 56.6 Å². The van der Waals surface area contributed by atoms with E-state index >= 15 is 0 Å². The van der Waals surface area contributed by atoms with Crippen LogP contribution in [0.5, 0.6) is 0 Å². The van der Waals surface area contributed by atoms with Crippen molar-refractivity contribution in [1.29, 1.82) is 0 Å². The van der Waals surface area contributed by atoms with Gasteiger partial charge in [0.25, 0.3) is 5.91 Å². The lowest BCUT2D eigenvalue weighted by Gasteiger charge is -2.11. The lowest BCUT2D eigenvalue weighted by atomic mass is 9.98. The quantitative estimate of drug-likeness (QED) is 0.447. The Bertz CT molecular complexity index is 1110. The second-order valence-corrected chi connectivity index (χ2v) is 8.50. The van der Waals surface area contributed by atoms with Gasteiger partial charge in [-0.3, -0.25) is 4.79 Å². The van der Waals surface area contributed by atoms with Crippen molar-refractivity contribution in [3.8, 4) is 11.1 Å². The smallest absolute Gasteiger partial charge is 0.335 e. The van der Waals surface area contributed by atoms with E-state index in [9.17, 15) is 14.0 Å². The predicted molar refractivity (Wildman–Crippen MR) is 127 cm³/mol. The van der Waals surface area contributed by atoms with Gasteiger partial charge in [-0.15, -0.1) is 0 Å². The van der Waals surface area contributed by atoms with Crippen LogP contribution in [-0.2, 0) is 6.54 Å². The zero-order valence-corrected chi connectivity index (χ0v) is 19.3. The molecule has 0 atom stereocenters. The van der Waals surface area contributed by atoms with E-state index in [1.165, 1.54) is 18.2 Å². The molecule has 0 saturated heterocycles. The number of amides is 1. The molecule has 6 heteroatoms. The Morgan fingerprint density at radius 3 is 2.28 bits per heavy atom. The van der Waals surface area contributed by atoms with Gasteiger partial charge in [0.05, 0.1) is 11.1 Å². The number of nitrogens with one attached hydrogen (secondary N) is 1. The number of hydrogen-bond donors (Lipinski definition) is 2. The Hall–Kier alpha value is -3.18. The van der Waals surface area contributed by atoms with Crippen molar-refractivity contribution >= 4 is 23.5 Å². The first-order valence-corrected chi connectivity index (χ1v) is 10.6. The highest BCUT2D eigenvalue weighted by Gasteiger charge is 2.13. The number of benzene rings is 3. The Kier molecular flexibility index (Phi) is 8.97. The molecule has 3 aromatic carbocycles. The van der Waals surface area contributed by atoms with Crippen molar-refractivity contribution in [2.24, 2.45) is 5.92 Å². The van der Waals surface area contributed by atoms with Crippen LogP contribution in [-0.4, -0.2) is 17.0 Å². The summed E-state index contributed by atoms with van der Waals surface area (Å²) < 4.78 is 13.9. The molecule has 0 bridgehead atoms. The minimum Gasteiger partial charge on any atom is -0.478 e. The largest absolute Gasteiger partial charge is 0.478 e. The first-order valence-electron chi connectivity index (χ1n) is 10.2.